The number of hydrogen-bond donors (Lipinski definition) is 0. The molecule has 2 heterocycles. The van der Waals surface area contributed by atoms with Crippen molar-refractivity contribution in [1.29, 1.82) is 0 Å². The van der Waals surface area contributed by atoms with E-state index in [2.05, 4.69) is 39.0 Å². The van der Waals surface area contributed by atoms with E-state index in [-0.39, 0.29) is 5.91 Å². The van der Waals surface area contributed by atoms with E-state index in [1.54, 1.807) is 11.3 Å². The first-order valence-corrected chi connectivity index (χ1v) is 9.92. The highest BCUT2D eigenvalue weighted by molar-refractivity contribution is 9.10. The van der Waals surface area contributed by atoms with Crippen LogP contribution in [-0.4, -0.2) is 46.9 Å². The SMILES string of the molecule is O=C(c1ccccc1Br)N1CCN(Cc2nc3ccccc3s2)CC1. The Balaban J connectivity index is 1.38. The first kappa shape index (κ1) is 16.7. The second-order valence-electron chi connectivity index (χ2n) is 6.12. The highest BCUT2D eigenvalue weighted by Crippen LogP contribution is 2.23. The lowest BCUT2D eigenvalue weighted by atomic mass is 10.2. The molecule has 0 saturated carbocycles. The van der Waals surface area contributed by atoms with Gasteiger partial charge in [0, 0.05) is 30.7 Å². The van der Waals surface area contributed by atoms with Crippen LogP contribution in [0.5, 0.6) is 0 Å². The van der Waals surface area contributed by atoms with E-state index in [1.807, 2.05) is 35.2 Å². The third kappa shape index (κ3) is 3.61. The molecule has 0 bridgehead atoms. The average molecular weight is 416 g/mol. The fourth-order valence-electron chi connectivity index (χ4n) is 3.09. The van der Waals surface area contributed by atoms with Crippen molar-refractivity contribution in [3.05, 3.63) is 63.6 Å². The van der Waals surface area contributed by atoms with E-state index < -0.39 is 0 Å². The largest absolute Gasteiger partial charge is 0.336 e. The Kier molecular flexibility index (Phi) is 4.83. The summed E-state index contributed by atoms with van der Waals surface area (Å²) in [6.45, 7) is 4.13. The summed E-state index contributed by atoms with van der Waals surface area (Å²) < 4.78 is 2.09. The van der Waals surface area contributed by atoms with Gasteiger partial charge in [-0.25, -0.2) is 4.98 Å². The molecule has 0 N–H and O–H groups in total. The van der Waals surface area contributed by atoms with Crippen LogP contribution in [0.15, 0.2) is 53.0 Å². The molecule has 2 aromatic carbocycles. The highest BCUT2D eigenvalue weighted by atomic mass is 79.9. The number of nitrogens with zero attached hydrogens (tertiary/aromatic N) is 3. The average Bonchev–Trinajstić information content (AvgIpc) is 3.04. The number of thiazole rings is 1. The topological polar surface area (TPSA) is 36.4 Å². The molecule has 4 rings (SSSR count). The summed E-state index contributed by atoms with van der Waals surface area (Å²) in [5, 5.41) is 1.15. The molecule has 6 heteroatoms. The Morgan fingerprint density at radius 3 is 2.52 bits per heavy atom. The molecule has 1 amide bonds. The number of para-hydroxylation sites is 1. The Morgan fingerprint density at radius 2 is 1.76 bits per heavy atom. The summed E-state index contributed by atoms with van der Waals surface area (Å²) in [5.41, 5.74) is 1.81. The van der Waals surface area contributed by atoms with Crippen LogP contribution in [0.4, 0.5) is 0 Å². The van der Waals surface area contributed by atoms with Crippen molar-refractivity contribution < 1.29 is 4.79 Å². The number of aromatic nitrogens is 1. The van der Waals surface area contributed by atoms with Gasteiger partial charge in [-0.05, 0) is 40.2 Å². The smallest absolute Gasteiger partial charge is 0.255 e. The number of rotatable bonds is 3. The van der Waals surface area contributed by atoms with Crippen molar-refractivity contribution in [2.75, 3.05) is 26.2 Å². The molecule has 25 heavy (non-hydrogen) atoms. The van der Waals surface area contributed by atoms with Crippen molar-refractivity contribution in [3.63, 3.8) is 0 Å². The van der Waals surface area contributed by atoms with Gasteiger partial charge in [-0.1, -0.05) is 24.3 Å². The van der Waals surface area contributed by atoms with Crippen LogP contribution in [0.3, 0.4) is 0 Å². The van der Waals surface area contributed by atoms with Crippen LogP contribution in [0, 0.1) is 0 Å². The van der Waals surface area contributed by atoms with Gasteiger partial charge >= 0.3 is 0 Å². The molecule has 1 fully saturated rings. The van der Waals surface area contributed by atoms with Crippen LogP contribution < -0.4 is 0 Å². The Morgan fingerprint density at radius 1 is 1.04 bits per heavy atom. The first-order chi connectivity index (χ1) is 12.2. The molecular formula is C19H18BrN3OS. The molecule has 3 aromatic rings. The maximum atomic E-state index is 12.7. The zero-order valence-electron chi connectivity index (χ0n) is 13.7. The number of piperazine rings is 1. The predicted octanol–water partition coefficient (Wildman–Crippen LogP) is 4.02. The van der Waals surface area contributed by atoms with E-state index in [4.69, 9.17) is 4.98 Å². The van der Waals surface area contributed by atoms with Gasteiger partial charge in [-0.3, -0.25) is 9.69 Å². The minimum absolute atomic E-state index is 0.104. The van der Waals surface area contributed by atoms with Crippen molar-refractivity contribution in [2.45, 2.75) is 6.54 Å². The molecule has 1 saturated heterocycles. The second-order valence-corrected chi connectivity index (χ2v) is 8.09. The summed E-state index contributed by atoms with van der Waals surface area (Å²) in [5.74, 6) is 0.104. The van der Waals surface area contributed by atoms with Gasteiger partial charge < -0.3 is 4.90 Å². The maximum absolute atomic E-state index is 12.7. The standard InChI is InChI=1S/C19H18BrN3OS/c20-15-6-2-1-5-14(15)19(24)23-11-9-22(10-12-23)13-18-21-16-7-3-4-8-17(16)25-18/h1-8H,9-13H2. The van der Waals surface area contributed by atoms with Gasteiger partial charge in [0.05, 0.1) is 22.3 Å². The number of amides is 1. The number of carbonyl (C=O) groups is 1. The Bertz CT molecular complexity index is 869. The summed E-state index contributed by atoms with van der Waals surface area (Å²) >= 11 is 5.23. The highest BCUT2D eigenvalue weighted by Gasteiger charge is 2.23. The van der Waals surface area contributed by atoms with Crippen LogP contribution in [0.25, 0.3) is 10.2 Å². The van der Waals surface area contributed by atoms with Crippen molar-refractivity contribution in [2.24, 2.45) is 0 Å². The number of fused-ring (bicyclic) bond motifs is 1. The van der Waals surface area contributed by atoms with Crippen LogP contribution in [-0.2, 0) is 6.54 Å². The zero-order valence-corrected chi connectivity index (χ0v) is 16.1. The lowest BCUT2D eigenvalue weighted by molar-refractivity contribution is 0.0627. The number of carbonyl (C=O) groups excluding carboxylic acids is 1. The van der Waals surface area contributed by atoms with Gasteiger partial charge in [-0.2, -0.15) is 0 Å². The molecule has 0 radical (unpaired) electrons. The fraction of sp³-hybridized carbons (Fsp3) is 0.263. The van der Waals surface area contributed by atoms with Crippen LogP contribution in [0.1, 0.15) is 15.4 Å². The van der Waals surface area contributed by atoms with E-state index in [9.17, 15) is 4.79 Å². The number of hydrogen-bond acceptors (Lipinski definition) is 4. The maximum Gasteiger partial charge on any atom is 0.255 e. The molecule has 4 nitrogen and oxygen atoms in total. The fourth-order valence-corrected chi connectivity index (χ4v) is 4.56. The van der Waals surface area contributed by atoms with Crippen LogP contribution in [0.2, 0.25) is 0 Å². The number of benzene rings is 2. The molecule has 1 aliphatic rings. The summed E-state index contributed by atoms with van der Waals surface area (Å²) in [7, 11) is 0. The third-order valence-corrected chi connectivity index (χ3v) is 6.17. The lowest BCUT2D eigenvalue weighted by Crippen LogP contribution is -2.48. The third-order valence-electron chi connectivity index (χ3n) is 4.46. The molecule has 0 spiro atoms. The van der Waals surface area contributed by atoms with Crippen LogP contribution >= 0.6 is 27.3 Å². The summed E-state index contributed by atoms with van der Waals surface area (Å²) in [6, 6.07) is 15.9. The molecule has 0 aliphatic carbocycles. The quantitative estimate of drug-likeness (QED) is 0.647. The van der Waals surface area contributed by atoms with E-state index >= 15 is 0 Å². The van der Waals surface area contributed by atoms with Crippen molar-refractivity contribution in [3.8, 4) is 0 Å². The van der Waals surface area contributed by atoms with E-state index in [1.165, 1.54) is 4.70 Å². The minimum atomic E-state index is 0.104. The molecule has 1 aromatic heterocycles. The normalized spacial score (nSPS) is 15.6. The molecule has 0 unspecified atom stereocenters. The summed E-state index contributed by atoms with van der Waals surface area (Å²) in [6.07, 6.45) is 0. The molecular weight excluding hydrogens is 398 g/mol. The minimum Gasteiger partial charge on any atom is -0.336 e. The second kappa shape index (κ2) is 7.23. The van der Waals surface area contributed by atoms with E-state index in [0.29, 0.717) is 0 Å². The lowest BCUT2D eigenvalue weighted by Gasteiger charge is -2.34. The zero-order chi connectivity index (χ0) is 17.2. The number of halogens is 1. The Hall–Kier alpha value is -1.76. The predicted molar refractivity (Wildman–Crippen MR) is 105 cm³/mol. The van der Waals surface area contributed by atoms with E-state index in [0.717, 1.165) is 53.3 Å². The van der Waals surface area contributed by atoms with Gasteiger partial charge in [0.1, 0.15) is 5.01 Å². The first-order valence-electron chi connectivity index (χ1n) is 8.31. The van der Waals surface area contributed by atoms with Crippen molar-refractivity contribution in [1.82, 2.24) is 14.8 Å². The van der Waals surface area contributed by atoms with Gasteiger partial charge in [-0.15, -0.1) is 11.3 Å². The van der Waals surface area contributed by atoms with Crippen molar-refractivity contribution >= 4 is 43.4 Å². The monoisotopic (exact) mass is 415 g/mol. The van der Waals surface area contributed by atoms with Gasteiger partial charge in [0.25, 0.3) is 5.91 Å². The molecule has 0 atom stereocenters. The Labute approximate surface area is 159 Å². The molecule has 1 aliphatic heterocycles. The van der Waals surface area contributed by atoms with Gasteiger partial charge in [0.15, 0.2) is 0 Å². The van der Waals surface area contributed by atoms with Gasteiger partial charge in [0.2, 0.25) is 0 Å². The molecule has 128 valence electrons. The summed E-state index contributed by atoms with van der Waals surface area (Å²) in [4.78, 5) is 21.7.